The van der Waals surface area contributed by atoms with Crippen LogP contribution in [0.25, 0.3) is 0 Å². The molecule has 0 fully saturated rings. The van der Waals surface area contributed by atoms with Crippen molar-refractivity contribution in [3.8, 4) is 0 Å². The van der Waals surface area contributed by atoms with Crippen LogP contribution in [-0.4, -0.2) is 31.5 Å². The fraction of sp³-hybridized carbons (Fsp3) is 0.429. The number of aromatic nitrogens is 3. The highest BCUT2D eigenvalue weighted by Crippen LogP contribution is 2.17. The van der Waals surface area contributed by atoms with Crippen molar-refractivity contribution >= 4 is 5.69 Å². The number of rotatable bonds is 5. The van der Waals surface area contributed by atoms with Gasteiger partial charge in [0.2, 0.25) is 0 Å². The molecule has 1 aromatic heterocycles. The third kappa shape index (κ3) is 3.79. The third-order valence-corrected chi connectivity index (χ3v) is 3.18. The predicted octanol–water partition coefficient (Wildman–Crippen LogP) is 1.90. The highest BCUT2D eigenvalue weighted by molar-refractivity contribution is 5.46. The molecule has 0 aliphatic rings. The minimum Gasteiger partial charge on any atom is -0.388 e. The lowest BCUT2D eigenvalue weighted by Crippen LogP contribution is -2.39. The molecule has 0 amide bonds. The van der Waals surface area contributed by atoms with Gasteiger partial charge in [0.1, 0.15) is 12.7 Å². The molecule has 0 saturated carbocycles. The molecule has 1 atom stereocenters. The number of anilines is 1. The van der Waals surface area contributed by atoms with E-state index in [-0.39, 0.29) is 6.04 Å². The molecule has 0 radical (unpaired) electrons. The van der Waals surface area contributed by atoms with Gasteiger partial charge in [0.25, 0.3) is 0 Å². The van der Waals surface area contributed by atoms with Crippen LogP contribution in [0.4, 0.5) is 5.69 Å². The molecule has 1 heterocycles. The number of nitrogens with one attached hydrogen (secondary N) is 1. The van der Waals surface area contributed by atoms with Crippen LogP contribution in [0.5, 0.6) is 0 Å². The lowest BCUT2D eigenvalue weighted by molar-refractivity contribution is 0.0649. The molecular weight excluding hydrogens is 240 g/mol. The molecule has 2 N–H and O–H groups in total. The van der Waals surface area contributed by atoms with E-state index in [1.165, 1.54) is 6.33 Å². The lowest BCUT2D eigenvalue weighted by atomic mass is 10.0. The van der Waals surface area contributed by atoms with Gasteiger partial charge in [-0.05, 0) is 38.5 Å². The SMILES string of the molecule is CC(Nc1cccc(Cn2cncn2)c1)C(C)(C)O. The van der Waals surface area contributed by atoms with Gasteiger partial charge >= 0.3 is 0 Å². The second-order valence-electron chi connectivity index (χ2n) is 5.31. The minimum atomic E-state index is -0.762. The Labute approximate surface area is 113 Å². The monoisotopic (exact) mass is 260 g/mol. The fourth-order valence-corrected chi connectivity index (χ4v) is 1.69. The maximum absolute atomic E-state index is 9.94. The highest BCUT2D eigenvalue weighted by Gasteiger charge is 2.21. The largest absolute Gasteiger partial charge is 0.388 e. The summed E-state index contributed by atoms with van der Waals surface area (Å²) >= 11 is 0. The van der Waals surface area contributed by atoms with Crippen LogP contribution in [0.2, 0.25) is 0 Å². The van der Waals surface area contributed by atoms with Gasteiger partial charge in [-0.25, -0.2) is 9.67 Å². The summed E-state index contributed by atoms with van der Waals surface area (Å²) in [5.74, 6) is 0. The first-order valence-electron chi connectivity index (χ1n) is 6.35. The van der Waals surface area contributed by atoms with E-state index >= 15 is 0 Å². The number of benzene rings is 1. The molecule has 0 saturated heterocycles. The Morgan fingerprint density at radius 2 is 2.21 bits per heavy atom. The van der Waals surface area contributed by atoms with Crippen LogP contribution in [0, 0.1) is 0 Å². The minimum absolute atomic E-state index is 0.0332. The predicted molar refractivity (Wildman–Crippen MR) is 74.9 cm³/mol. The van der Waals surface area contributed by atoms with E-state index in [1.54, 1.807) is 24.9 Å². The van der Waals surface area contributed by atoms with Crippen molar-refractivity contribution in [2.75, 3.05) is 5.32 Å². The first-order chi connectivity index (χ1) is 8.95. The second-order valence-corrected chi connectivity index (χ2v) is 5.31. The van der Waals surface area contributed by atoms with E-state index in [4.69, 9.17) is 0 Å². The van der Waals surface area contributed by atoms with Crippen molar-refractivity contribution in [3.63, 3.8) is 0 Å². The molecule has 1 aromatic carbocycles. The lowest BCUT2D eigenvalue weighted by Gasteiger charge is -2.27. The zero-order chi connectivity index (χ0) is 13.9. The Kier molecular flexibility index (Phi) is 3.85. The summed E-state index contributed by atoms with van der Waals surface area (Å²) in [6, 6.07) is 8.05. The Balaban J connectivity index is 2.07. The van der Waals surface area contributed by atoms with E-state index in [9.17, 15) is 5.11 Å². The van der Waals surface area contributed by atoms with Crippen molar-refractivity contribution in [3.05, 3.63) is 42.5 Å². The van der Waals surface area contributed by atoms with Crippen LogP contribution >= 0.6 is 0 Å². The summed E-state index contributed by atoms with van der Waals surface area (Å²) < 4.78 is 1.78. The first kappa shape index (κ1) is 13.5. The van der Waals surface area contributed by atoms with Crippen molar-refractivity contribution in [2.45, 2.75) is 39.0 Å². The molecule has 5 heteroatoms. The zero-order valence-electron chi connectivity index (χ0n) is 11.5. The fourth-order valence-electron chi connectivity index (χ4n) is 1.69. The maximum Gasteiger partial charge on any atom is 0.137 e. The van der Waals surface area contributed by atoms with Crippen LogP contribution in [-0.2, 0) is 6.54 Å². The molecule has 102 valence electrons. The summed E-state index contributed by atoms with van der Waals surface area (Å²) in [6.07, 6.45) is 3.22. The van der Waals surface area contributed by atoms with Crippen molar-refractivity contribution in [2.24, 2.45) is 0 Å². The summed E-state index contributed by atoms with van der Waals surface area (Å²) in [5, 5.41) is 17.3. The van der Waals surface area contributed by atoms with Gasteiger partial charge in [-0.1, -0.05) is 12.1 Å². The molecule has 0 spiro atoms. The van der Waals surface area contributed by atoms with Crippen LogP contribution < -0.4 is 5.32 Å². The van der Waals surface area contributed by atoms with Gasteiger partial charge in [0.15, 0.2) is 0 Å². The van der Waals surface area contributed by atoms with Crippen molar-refractivity contribution in [1.82, 2.24) is 14.8 Å². The highest BCUT2D eigenvalue weighted by atomic mass is 16.3. The zero-order valence-corrected chi connectivity index (χ0v) is 11.5. The number of aliphatic hydroxyl groups is 1. The average molecular weight is 260 g/mol. The summed E-state index contributed by atoms with van der Waals surface area (Å²) in [4.78, 5) is 3.92. The Morgan fingerprint density at radius 3 is 2.84 bits per heavy atom. The van der Waals surface area contributed by atoms with E-state index in [1.807, 2.05) is 25.1 Å². The van der Waals surface area contributed by atoms with Gasteiger partial charge in [-0.2, -0.15) is 5.10 Å². The van der Waals surface area contributed by atoms with E-state index < -0.39 is 5.60 Å². The third-order valence-electron chi connectivity index (χ3n) is 3.18. The Hall–Kier alpha value is -1.88. The standard InChI is InChI=1S/C14H20N4O/c1-11(14(2,3)19)17-13-6-4-5-12(7-13)8-18-10-15-9-16-18/h4-7,9-11,17,19H,8H2,1-3H3. The van der Waals surface area contributed by atoms with Gasteiger partial charge in [-0.3, -0.25) is 0 Å². The molecule has 0 aliphatic carbocycles. The molecule has 2 rings (SSSR count). The number of hydrogen-bond acceptors (Lipinski definition) is 4. The molecule has 0 bridgehead atoms. The average Bonchev–Trinajstić information content (AvgIpc) is 2.81. The number of hydrogen-bond donors (Lipinski definition) is 2. The topological polar surface area (TPSA) is 63.0 Å². The Bertz CT molecular complexity index is 516. The summed E-state index contributed by atoms with van der Waals surface area (Å²) in [6.45, 7) is 6.24. The van der Waals surface area contributed by atoms with E-state index in [0.717, 1.165) is 11.3 Å². The molecule has 2 aromatic rings. The molecule has 0 aliphatic heterocycles. The van der Waals surface area contributed by atoms with E-state index in [0.29, 0.717) is 6.54 Å². The van der Waals surface area contributed by atoms with Gasteiger partial charge in [-0.15, -0.1) is 0 Å². The van der Waals surface area contributed by atoms with Crippen LogP contribution in [0.15, 0.2) is 36.9 Å². The maximum atomic E-state index is 9.94. The van der Waals surface area contributed by atoms with Crippen molar-refractivity contribution in [1.29, 1.82) is 0 Å². The summed E-state index contributed by atoms with van der Waals surface area (Å²) in [5.41, 5.74) is 1.37. The molecule has 1 unspecified atom stereocenters. The Morgan fingerprint density at radius 1 is 1.42 bits per heavy atom. The van der Waals surface area contributed by atoms with Crippen molar-refractivity contribution < 1.29 is 5.11 Å². The summed E-state index contributed by atoms with van der Waals surface area (Å²) in [7, 11) is 0. The van der Waals surface area contributed by atoms with Gasteiger partial charge in [0, 0.05) is 5.69 Å². The normalized spacial score (nSPS) is 13.3. The first-order valence-corrected chi connectivity index (χ1v) is 6.35. The van der Waals surface area contributed by atoms with Gasteiger partial charge < -0.3 is 10.4 Å². The second kappa shape index (κ2) is 5.40. The number of nitrogens with zero attached hydrogens (tertiary/aromatic N) is 3. The molecular formula is C14H20N4O. The smallest absolute Gasteiger partial charge is 0.137 e. The molecule has 19 heavy (non-hydrogen) atoms. The quantitative estimate of drug-likeness (QED) is 0.862. The van der Waals surface area contributed by atoms with Crippen LogP contribution in [0.3, 0.4) is 0 Å². The van der Waals surface area contributed by atoms with Crippen LogP contribution in [0.1, 0.15) is 26.3 Å². The van der Waals surface area contributed by atoms with Gasteiger partial charge in [0.05, 0.1) is 18.2 Å². The molecule has 5 nitrogen and oxygen atoms in total. The van der Waals surface area contributed by atoms with E-state index in [2.05, 4.69) is 21.5 Å².